The zero-order chi connectivity index (χ0) is 50.8. The SMILES string of the molecule is CC(C)C[C@@H]1NC(=O)CNC(=O)[C@H](CCN)NC(=O)[C@@H](NC(=O)[C@H](CCN)NC(=O)[C@H](CO)NC(=O)[C@@H](N)CCN)CCNC(=O)[C@H]([C@@H](C)O)NC(=O)[C@H](CCN)NC(=O)[C@H](CCN)NC1=O. The van der Waals surface area contributed by atoms with E-state index in [4.69, 9.17) is 34.4 Å². The molecule has 28 heteroatoms. The molecule has 0 aliphatic carbocycles. The molecule has 0 unspecified atom stereocenters. The van der Waals surface area contributed by atoms with E-state index >= 15 is 0 Å². The number of carbonyl (C=O) groups is 10. The second kappa shape index (κ2) is 31.4. The van der Waals surface area contributed by atoms with Gasteiger partial charge < -0.3 is 97.8 Å². The molecular formula is C39H74N16O12. The molecule has 1 rings (SSSR count). The fourth-order valence-corrected chi connectivity index (χ4v) is 6.50. The maximum absolute atomic E-state index is 14.0. The van der Waals surface area contributed by atoms with Crippen molar-refractivity contribution in [3.05, 3.63) is 0 Å². The lowest BCUT2D eigenvalue weighted by atomic mass is 10.0. The highest BCUT2D eigenvalue weighted by atomic mass is 16.3. The summed E-state index contributed by atoms with van der Waals surface area (Å²) < 4.78 is 0. The zero-order valence-electron chi connectivity index (χ0n) is 38.4. The fraction of sp³-hybridized carbons (Fsp3) is 0.744. The van der Waals surface area contributed by atoms with Crippen LogP contribution in [0.4, 0.5) is 0 Å². The van der Waals surface area contributed by atoms with Gasteiger partial charge in [-0.15, -0.1) is 0 Å². The maximum atomic E-state index is 14.0. The van der Waals surface area contributed by atoms with Crippen LogP contribution in [0.25, 0.3) is 0 Å². The largest absolute Gasteiger partial charge is 0.394 e. The van der Waals surface area contributed by atoms with E-state index in [1.54, 1.807) is 13.8 Å². The van der Waals surface area contributed by atoms with Crippen molar-refractivity contribution >= 4 is 59.1 Å². The number of hydrogen-bond acceptors (Lipinski definition) is 18. The van der Waals surface area contributed by atoms with Crippen molar-refractivity contribution in [2.45, 2.75) is 126 Å². The number of nitrogens with one attached hydrogen (secondary N) is 10. The summed E-state index contributed by atoms with van der Waals surface area (Å²) in [5.74, 6) is -9.27. The third-order valence-electron chi connectivity index (χ3n) is 10.2. The highest BCUT2D eigenvalue weighted by Gasteiger charge is 2.35. The van der Waals surface area contributed by atoms with Gasteiger partial charge in [0.05, 0.1) is 25.3 Å². The van der Waals surface area contributed by atoms with Gasteiger partial charge in [0.15, 0.2) is 0 Å². The van der Waals surface area contributed by atoms with Crippen LogP contribution in [0.1, 0.15) is 65.7 Å². The summed E-state index contributed by atoms with van der Waals surface area (Å²) in [5, 5.41) is 44.8. The highest BCUT2D eigenvalue weighted by molar-refractivity contribution is 5.98. The van der Waals surface area contributed by atoms with Crippen LogP contribution in [0.15, 0.2) is 0 Å². The second-order valence-electron chi connectivity index (χ2n) is 16.3. The number of carbonyl (C=O) groups excluding carboxylic acids is 10. The predicted molar refractivity (Wildman–Crippen MR) is 241 cm³/mol. The Labute approximate surface area is 388 Å². The molecule has 0 bridgehead atoms. The predicted octanol–water partition coefficient (Wildman–Crippen LogP) is -10.0. The number of aliphatic hydroxyl groups is 2. The first-order valence-corrected chi connectivity index (χ1v) is 22.2. The van der Waals surface area contributed by atoms with Crippen molar-refractivity contribution in [3.63, 3.8) is 0 Å². The van der Waals surface area contributed by atoms with Crippen molar-refractivity contribution < 1.29 is 58.2 Å². The molecular weight excluding hydrogens is 885 g/mol. The van der Waals surface area contributed by atoms with Gasteiger partial charge in [-0.2, -0.15) is 0 Å². The highest BCUT2D eigenvalue weighted by Crippen LogP contribution is 2.08. The molecule has 382 valence electrons. The van der Waals surface area contributed by atoms with Gasteiger partial charge in [-0.3, -0.25) is 47.9 Å². The maximum Gasteiger partial charge on any atom is 0.245 e. The number of nitrogens with two attached hydrogens (primary N) is 6. The summed E-state index contributed by atoms with van der Waals surface area (Å²) in [6, 6.07) is -12.7. The normalized spacial score (nSPS) is 23.9. The third kappa shape index (κ3) is 21.3. The molecule has 1 heterocycles. The van der Waals surface area contributed by atoms with E-state index in [-0.39, 0.29) is 77.2 Å². The Morgan fingerprint density at radius 3 is 1.63 bits per heavy atom. The molecule has 0 saturated carbocycles. The standard InChI is InChI=1S/C39H74N16O12/c1-19(2)16-27-37(65)51-23(6-12-42)33(61)50-25(8-14-44)36(64)55-30(20(3)57)39(67)46-15-9-26(35(63)49-22(5-11-41)32(60)47-17-29(58)48-27)53-34(62)24(7-13-43)52-38(66)28(18-56)54-31(59)21(45)4-10-40/h19-28,30,56-57H,4-18,40-45H2,1-3H3,(H,46,67)(H,47,60)(H,48,58)(H,49,63)(H,50,61)(H,51,65)(H,52,66)(H,53,62)(H,54,59)(H,55,64)/t20-,21+,22+,23+,24+,25+,26+,27+,28+,30+/m1/s1. The molecule has 0 aromatic heterocycles. The Morgan fingerprint density at radius 2 is 1.12 bits per heavy atom. The first-order chi connectivity index (χ1) is 31.7. The van der Waals surface area contributed by atoms with Crippen LogP contribution in [-0.4, -0.2) is 182 Å². The van der Waals surface area contributed by atoms with E-state index in [0.29, 0.717) is 0 Å². The van der Waals surface area contributed by atoms with Gasteiger partial charge in [-0.1, -0.05) is 13.8 Å². The van der Waals surface area contributed by atoms with Crippen LogP contribution in [0.3, 0.4) is 0 Å². The molecule has 10 atom stereocenters. The summed E-state index contributed by atoms with van der Waals surface area (Å²) in [4.78, 5) is 134. The van der Waals surface area contributed by atoms with Crippen molar-refractivity contribution in [2.75, 3.05) is 52.4 Å². The van der Waals surface area contributed by atoms with Crippen LogP contribution in [0.2, 0.25) is 0 Å². The Kier molecular flexibility index (Phi) is 27.8. The Morgan fingerprint density at radius 1 is 0.612 bits per heavy atom. The number of hydrogen-bond donors (Lipinski definition) is 18. The van der Waals surface area contributed by atoms with Crippen LogP contribution in [-0.2, 0) is 47.9 Å². The lowest BCUT2D eigenvalue weighted by molar-refractivity contribution is -0.135. The lowest BCUT2D eigenvalue weighted by Crippen LogP contribution is -2.60. The average molecular weight is 959 g/mol. The summed E-state index contributed by atoms with van der Waals surface area (Å²) in [5.41, 5.74) is 34.2. The molecule has 0 aromatic carbocycles. The second-order valence-corrected chi connectivity index (χ2v) is 16.3. The Bertz CT molecular complexity index is 1670. The molecule has 28 nitrogen and oxygen atoms in total. The van der Waals surface area contributed by atoms with Gasteiger partial charge >= 0.3 is 0 Å². The number of amides is 10. The third-order valence-corrected chi connectivity index (χ3v) is 10.2. The van der Waals surface area contributed by atoms with Crippen molar-refractivity contribution in [1.82, 2.24) is 53.2 Å². The molecule has 1 aliphatic heterocycles. The fourth-order valence-electron chi connectivity index (χ4n) is 6.50. The van der Waals surface area contributed by atoms with Crippen LogP contribution < -0.4 is 87.6 Å². The van der Waals surface area contributed by atoms with Gasteiger partial charge in [-0.25, -0.2) is 0 Å². The molecule has 10 amide bonds. The quantitative estimate of drug-likeness (QED) is 0.0539. The minimum Gasteiger partial charge on any atom is -0.394 e. The monoisotopic (exact) mass is 959 g/mol. The first kappa shape index (κ1) is 59.4. The van der Waals surface area contributed by atoms with E-state index in [0.717, 1.165) is 0 Å². The molecule has 0 aromatic rings. The van der Waals surface area contributed by atoms with Crippen LogP contribution in [0, 0.1) is 5.92 Å². The summed E-state index contributed by atoms with van der Waals surface area (Å²) in [6.45, 7) is 2.21. The van der Waals surface area contributed by atoms with Gasteiger partial charge in [-0.05, 0) is 90.5 Å². The molecule has 24 N–H and O–H groups in total. The van der Waals surface area contributed by atoms with Gasteiger partial charge in [0.1, 0.15) is 48.3 Å². The molecule has 1 fully saturated rings. The van der Waals surface area contributed by atoms with Crippen molar-refractivity contribution in [1.29, 1.82) is 0 Å². The van der Waals surface area contributed by atoms with Crippen molar-refractivity contribution in [3.8, 4) is 0 Å². The smallest absolute Gasteiger partial charge is 0.245 e. The van der Waals surface area contributed by atoms with E-state index in [9.17, 15) is 58.2 Å². The molecule has 1 aliphatic rings. The number of aliphatic hydroxyl groups excluding tert-OH is 2. The average Bonchev–Trinajstić information content (AvgIpc) is 3.26. The molecule has 67 heavy (non-hydrogen) atoms. The molecule has 0 spiro atoms. The summed E-state index contributed by atoms with van der Waals surface area (Å²) in [6.07, 6.45) is -2.48. The van der Waals surface area contributed by atoms with E-state index < -0.39 is 146 Å². The van der Waals surface area contributed by atoms with Crippen LogP contribution in [0.5, 0.6) is 0 Å². The summed E-state index contributed by atoms with van der Waals surface area (Å²) >= 11 is 0. The van der Waals surface area contributed by atoms with Crippen LogP contribution >= 0.6 is 0 Å². The van der Waals surface area contributed by atoms with Crippen molar-refractivity contribution in [2.24, 2.45) is 40.3 Å². The Hall–Kier alpha value is -5.62. The van der Waals surface area contributed by atoms with Gasteiger partial charge in [0, 0.05) is 6.54 Å². The topological polar surface area (TPSA) is 488 Å². The zero-order valence-corrected chi connectivity index (χ0v) is 38.4. The molecule has 1 saturated heterocycles. The Balaban J connectivity index is 3.68. The van der Waals surface area contributed by atoms with E-state index in [1.807, 2.05) is 0 Å². The molecule has 0 radical (unpaired) electrons. The lowest BCUT2D eigenvalue weighted by Gasteiger charge is -2.27. The van der Waals surface area contributed by atoms with E-state index in [1.165, 1.54) is 6.92 Å². The van der Waals surface area contributed by atoms with Gasteiger partial charge in [0.25, 0.3) is 0 Å². The minimum atomic E-state index is -1.65. The van der Waals surface area contributed by atoms with E-state index in [2.05, 4.69) is 53.2 Å². The first-order valence-electron chi connectivity index (χ1n) is 22.2. The van der Waals surface area contributed by atoms with Gasteiger partial charge in [0.2, 0.25) is 59.1 Å². The summed E-state index contributed by atoms with van der Waals surface area (Å²) in [7, 11) is 0. The number of rotatable bonds is 20. The minimum absolute atomic E-state index is 0.0571.